The normalized spacial score (nSPS) is 13.4. The Labute approximate surface area is 109 Å². The Morgan fingerprint density at radius 1 is 1.28 bits per heavy atom. The second-order valence-corrected chi connectivity index (χ2v) is 5.93. The number of rotatable bonds is 4. The van der Waals surface area contributed by atoms with Crippen LogP contribution >= 0.6 is 0 Å². The number of anilines is 2. The standard InChI is InChI=1S/C13H24N4O/c1-8-11(14)16-9(2)17-12(8)15-7-10(18)6-13(3,4)5/h10,18H,6-7H2,1-5H3,(H3,14,15,16,17). The molecule has 1 rings (SSSR count). The van der Waals surface area contributed by atoms with Crippen LogP contribution in [0.2, 0.25) is 0 Å². The molecule has 0 radical (unpaired) electrons. The lowest BCUT2D eigenvalue weighted by molar-refractivity contribution is 0.132. The maximum Gasteiger partial charge on any atom is 0.134 e. The number of aliphatic hydroxyl groups excluding tert-OH is 1. The van der Waals surface area contributed by atoms with E-state index >= 15 is 0 Å². The Morgan fingerprint density at radius 2 is 1.89 bits per heavy atom. The van der Waals surface area contributed by atoms with Crippen LogP contribution in [0.4, 0.5) is 11.6 Å². The summed E-state index contributed by atoms with van der Waals surface area (Å²) < 4.78 is 0. The van der Waals surface area contributed by atoms with Crippen LogP contribution in [-0.2, 0) is 0 Å². The first-order chi connectivity index (χ1) is 8.19. The molecule has 1 heterocycles. The van der Waals surface area contributed by atoms with E-state index in [-0.39, 0.29) is 5.41 Å². The number of aliphatic hydroxyl groups is 1. The molecule has 0 fully saturated rings. The molecule has 0 spiro atoms. The zero-order valence-corrected chi connectivity index (χ0v) is 11.9. The summed E-state index contributed by atoms with van der Waals surface area (Å²) in [5, 5.41) is 13.1. The average molecular weight is 252 g/mol. The molecule has 0 saturated heterocycles. The first kappa shape index (κ1) is 14.7. The fourth-order valence-electron chi connectivity index (χ4n) is 1.82. The molecule has 5 heteroatoms. The predicted octanol–water partition coefficient (Wildman–Crippen LogP) is 1.88. The van der Waals surface area contributed by atoms with Gasteiger partial charge in [-0.2, -0.15) is 0 Å². The van der Waals surface area contributed by atoms with Crippen LogP contribution in [0.25, 0.3) is 0 Å². The first-order valence-corrected chi connectivity index (χ1v) is 6.21. The lowest BCUT2D eigenvalue weighted by Gasteiger charge is -2.23. The lowest BCUT2D eigenvalue weighted by Crippen LogP contribution is -2.26. The van der Waals surface area contributed by atoms with E-state index in [4.69, 9.17) is 5.73 Å². The van der Waals surface area contributed by atoms with Crippen molar-refractivity contribution in [2.75, 3.05) is 17.6 Å². The molecule has 0 aliphatic carbocycles. The fraction of sp³-hybridized carbons (Fsp3) is 0.692. The van der Waals surface area contributed by atoms with Gasteiger partial charge in [-0.15, -0.1) is 0 Å². The number of nitrogens with two attached hydrogens (primary N) is 1. The Bertz CT molecular complexity index is 412. The van der Waals surface area contributed by atoms with Crippen LogP contribution < -0.4 is 11.1 Å². The number of hydrogen-bond acceptors (Lipinski definition) is 5. The molecule has 0 bridgehead atoms. The Kier molecular flexibility index (Phi) is 4.51. The quantitative estimate of drug-likeness (QED) is 0.762. The minimum absolute atomic E-state index is 0.108. The highest BCUT2D eigenvalue weighted by Gasteiger charge is 2.17. The summed E-state index contributed by atoms with van der Waals surface area (Å²) in [4.78, 5) is 8.37. The minimum atomic E-state index is -0.402. The van der Waals surface area contributed by atoms with E-state index in [1.165, 1.54) is 0 Å². The molecular weight excluding hydrogens is 228 g/mol. The van der Waals surface area contributed by atoms with Gasteiger partial charge in [0.15, 0.2) is 0 Å². The highest BCUT2D eigenvalue weighted by molar-refractivity contribution is 5.54. The maximum atomic E-state index is 9.94. The van der Waals surface area contributed by atoms with Gasteiger partial charge in [-0.05, 0) is 25.7 Å². The fourth-order valence-corrected chi connectivity index (χ4v) is 1.82. The highest BCUT2D eigenvalue weighted by atomic mass is 16.3. The summed E-state index contributed by atoms with van der Waals surface area (Å²) in [5.74, 6) is 1.81. The van der Waals surface area contributed by atoms with Gasteiger partial charge < -0.3 is 16.2 Å². The lowest BCUT2D eigenvalue weighted by atomic mass is 9.89. The highest BCUT2D eigenvalue weighted by Crippen LogP contribution is 2.22. The van der Waals surface area contributed by atoms with Gasteiger partial charge >= 0.3 is 0 Å². The third-order valence-corrected chi connectivity index (χ3v) is 2.65. The summed E-state index contributed by atoms with van der Waals surface area (Å²) in [6.45, 7) is 10.4. The molecule has 0 amide bonds. The van der Waals surface area contributed by atoms with E-state index in [1.54, 1.807) is 6.92 Å². The summed E-state index contributed by atoms with van der Waals surface area (Å²) in [6.07, 6.45) is 0.333. The minimum Gasteiger partial charge on any atom is -0.391 e. The van der Waals surface area contributed by atoms with E-state index in [1.807, 2.05) is 6.92 Å². The molecule has 0 aliphatic heterocycles. The van der Waals surface area contributed by atoms with Crippen molar-refractivity contribution in [3.8, 4) is 0 Å². The van der Waals surface area contributed by atoms with E-state index in [0.29, 0.717) is 24.0 Å². The van der Waals surface area contributed by atoms with Crippen molar-refractivity contribution >= 4 is 11.6 Å². The Balaban J connectivity index is 2.64. The zero-order valence-electron chi connectivity index (χ0n) is 11.9. The molecule has 5 nitrogen and oxygen atoms in total. The number of aromatic nitrogens is 2. The number of hydrogen-bond donors (Lipinski definition) is 3. The van der Waals surface area contributed by atoms with Crippen LogP contribution in [-0.4, -0.2) is 27.7 Å². The number of nitrogen functional groups attached to an aromatic ring is 1. The van der Waals surface area contributed by atoms with Gasteiger partial charge in [-0.3, -0.25) is 0 Å². The smallest absolute Gasteiger partial charge is 0.134 e. The predicted molar refractivity (Wildman–Crippen MR) is 74.5 cm³/mol. The van der Waals surface area contributed by atoms with Crippen molar-refractivity contribution in [3.05, 3.63) is 11.4 Å². The Hall–Kier alpha value is -1.36. The van der Waals surface area contributed by atoms with Crippen LogP contribution in [0, 0.1) is 19.3 Å². The van der Waals surface area contributed by atoms with E-state index in [2.05, 4.69) is 36.1 Å². The summed E-state index contributed by atoms with van der Waals surface area (Å²) in [5.41, 5.74) is 6.71. The Morgan fingerprint density at radius 3 is 2.44 bits per heavy atom. The van der Waals surface area contributed by atoms with Crippen molar-refractivity contribution in [1.82, 2.24) is 9.97 Å². The van der Waals surface area contributed by atoms with Crippen LogP contribution in [0.1, 0.15) is 38.6 Å². The third kappa shape index (κ3) is 4.49. The molecule has 1 atom stereocenters. The molecule has 0 aliphatic rings. The summed E-state index contributed by atoms with van der Waals surface area (Å²) in [7, 11) is 0. The van der Waals surface area contributed by atoms with Crippen molar-refractivity contribution in [2.45, 2.75) is 47.1 Å². The van der Waals surface area contributed by atoms with Crippen LogP contribution in [0.5, 0.6) is 0 Å². The number of nitrogens with one attached hydrogen (secondary N) is 1. The molecule has 102 valence electrons. The molecular formula is C13H24N4O. The molecule has 18 heavy (non-hydrogen) atoms. The summed E-state index contributed by atoms with van der Waals surface area (Å²) >= 11 is 0. The second-order valence-electron chi connectivity index (χ2n) is 5.93. The monoisotopic (exact) mass is 252 g/mol. The maximum absolute atomic E-state index is 9.94. The van der Waals surface area contributed by atoms with Crippen molar-refractivity contribution < 1.29 is 5.11 Å². The third-order valence-electron chi connectivity index (χ3n) is 2.65. The topological polar surface area (TPSA) is 84.1 Å². The molecule has 1 aromatic heterocycles. The van der Waals surface area contributed by atoms with E-state index < -0.39 is 6.10 Å². The van der Waals surface area contributed by atoms with E-state index in [9.17, 15) is 5.11 Å². The van der Waals surface area contributed by atoms with Crippen molar-refractivity contribution in [1.29, 1.82) is 0 Å². The molecule has 0 aromatic carbocycles. The SMILES string of the molecule is Cc1nc(N)c(C)c(NCC(O)CC(C)(C)C)n1. The largest absolute Gasteiger partial charge is 0.391 e. The number of aryl methyl sites for hydroxylation is 1. The van der Waals surface area contributed by atoms with Gasteiger partial charge in [0.25, 0.3) is 0 Å². The van der Waals surface area contributed by atoms with Gasteiger partial charge in [0.05, 0.1) is 6.10 Å². The van der Waals surface area contributed by atoms with Crippen molar-refractivity contribution in [3.63, 3.8) is 0 Å². The zero-order chi connectivity index (χ0) is 13.9. The molecule has 0 saturated carbocycles. The van der Waals surface area contributed by atoms with Crippen molar-refractivity contribution in [2.24, 2.45) is 5.41 Å². The second kappa shape index (κ2) is 5.52. The molecule has 1 unspecified atom stereocenters. The van der Waals surface area contributed by atoms with Gasteiger partial charge in [-0.25, -0.2) is 9.97 Å². The molecule has 4 N–H and O–H groups in total. The van der Waals surface area contributed by atoms with Crippen LogP contribution in [0.15, 0.2) is 0 Å². The van der Waals surface area contributed by atoms with Gasteiger partial charge in [-0.1, -0.05) is 20.8 Å². The van der Waals surface area contributed by atoms with Gasteiger partial charge in [0.1, 0.15) is 17.5 Å². The van der Waals surface area contributed by atoms with Gasteiger partial charge in [0, 0.05) is 12.1 Å². The van der Waals surface area contributed by atoms with Gasteiger partial charge in [0.2, 0.25) is 0 Å². The average Bonchev–Trinajstić information content (AvgIpc) is 2.18. The van der Waals surface area contributed by atoms with E-state index in [0.717, 1.165) is 12.0 Å². The number of nitrogens with zero attached hydrogens (tertiary/aromatic N) is 2. The first-order valence-electron chi connectivity index (χ1n) is 6.21. The summed E-state index contributed by atoms with van der Waals surface area (Å²) in [6, 6.07) is 0. The van der Waals surface area contributed by atoms with Crippen LogP contribution in [0.3, 0.4) is 0 Å². The molecule has 1 aromatic rings.